The van der Waals surface area contributed by atoms with Gasteiger partial charge < -0.3 is 9.97 Å². The van der Waals surface area contributed by atoms with Crippen molar-refractivity contribution < 1.29 is 9.18 Å². The van der Waals surface area contributed by atoms with Crippen molar-refractivity contribution in [3.05, 3.63) is 67.3 Å². The summed E-state index contributed by atoms with van der Waals surface area (Å²) in [6.07, 6.45) is 0. The van der Waals surface area contributed by atoms with Crippen LogP contribution in [0.25, 0.3) is 11.0 Å². The summed E-state index contributed by atoms with van der Waals surface area (Å²) in [6, 6.07) is 6.75. The van der Waals surface area contributed by atoms with E-state index in [2.05, 4.69) is 25.9 Å². The summed E-state index contributed by atoms with van der Waals surface area (Å²) in [5, 5.41) is 0.0366. The van der Waals surface area contributed by atoms with E-state index in [0.717, 1.165) is 6.07 Å². The maximum Gasteiger partial charge on any atom is 0.323 e. The Balaban J connectivity index is 2.16. The number of rotatable bonds is 2. The van der Waals surface area contributed by atoms with Gasteiger partial charge in [0.2, 0.25) is 0 Å². The number of aromatic amines is 2. The fraction of sp³-hybridized carbons (Fsp3) is 0. The Kier molecular flexibility index (Phi) is 3.43. The van der Waals surface area contributed by atoms with Gasteiger partial charge in [0.25, 0.3) is 0 Å². The second-order valence-corrected chi connectivity index (χ2v) is 5.67. The molecule has 0 unspecified atom stereocenters. The molecule has 0 amide bonds. The number of halogens is 3. The fourth-order valence-corrected chi connectivity index (χ4v) is 2.83. The monoisotopic (exact) mass is 368 g/mol. The molecule has 0 bridgehead atoms. The molecule has 0 atom stereocenters. The molecule has 0 spiro atoms. The molecule has 2 N–H and O–H groups in total. The zero-order chi connectivity index (χ0) is 15.1. The van der Waals surface area contributed by atoms with Crippen LogP contribution in [0.3, 0.4) is 0 Å². The van der Waals surface area contributed by atoms with Crippen LogP contribution in [0.2, 0.25) is 5.02 Å². The molecule has 3 aromatic rings. The summed E-state index contributed by atoms with van der Waals surface area (Å²) in [5.74, 6) is -0.878. The van der Waals surface area contributed by atoms with Gasteiger partial charge in [0, 0.05) is 15.6 Å². The van der Waals surface area contributed by atoms with Crippen molar-refractivity contribution in [3.8, 4) is 0 Å². The van der Waals surface area contributed by atoms with Crippen LogP contribution in [0.4, 0.5) is 4.39 Å². The molecule has 0 aliphatic carbocycles. The van der Waals surface area contributed by atoms with Crippen LogP contribution < -0.4 is 5.69 Å². The van der Waals surface area contributed by atoms with Gasteiger partial charge >= 0.3 is 5.69 Å². The smallest absolute Gasteiger partial charge is 0.306 e. The first-order chi connectivity index (χ1) is 9.95. The van der Waals surface area contributed by atoms with Gasteiger partial charge in [-0.1, -0.05) is 11.6 Å². The average Bonchev–Trinajstić information content (AvgIpc) is 2.76. The SMILES string of the molecule is O=C(c1ccc(F)cc1Cl)c1cc2[nH]c(=O)[nH]c2cc1Br. The zero-order valence-electron chi connectivity index (χ0n) is 10.3. The topological polar surface area (TPSA) is 65.7 Å². The number of benzene rings is 2. The van der Waals surface area contributed by atoms with Crippen molar-refractivity contribution in [2.45, 2.75) is 0 Å². The zero-order valence-corrected chi connectivity index (χ0v) is 12.7. The third kappa shape index (κ3) is 2.52. The fourth-order valence-electron chi connectivity index (χ4n) is 2.05. The molecule has 7 heteroatoms. The highest BCUT2D eigenvalue weighted by atomic mass is 79.9. The van der Waals surface area contributed by atoms with Gasteiger partial charge in [0.15, 0.2) is 5.78 Å². The maximum absolute atomic E-state index is 13.1. The van der Waals surface area contributed by atoms with E-state index in [0.29, 0.717) is 21.1 Å². The molecule has 21 heavy (non-hydrogen) atoms. The minimum Gasteiger partial charge on any atom is -0.306 e. The summed E-state index contributed by atoms with van der Waals surface area (Å²) in [7, 11) is 0. The predicted molar refractivity (Wildman–Crippen MR) is 81.5 cm³/mol. The molecule has 1 heterocycles. The number of carbonyl (C=O) groups is 1. The van der Waals surface area contributed by atoms with Crippen LogP contribution in [-0.2, 0) is 0 Å². The lowest BCUT2D eigenvalue weighted by Crippen LogP contribution is -2.03. The summed E-state index contributed by atoms with van der Waals surface area (Å²) < 4.78 is 13.6. The van der Waals surface area contributed by atoms with Crippen molar-refractivity contribution in [1.29, 1.82) is 0 Å². The van der Waals surface area contributed by atoms with Gasteiger partial charge in [-0.05, 0) is 46.3 Å². The minimum absolute atomic E-state index is 0.0366. The Hall–Kier alpha value is -1.92. The molecular formula is C14H7BrClFN2O2. The van der Waals surface area contributed by atoms with Crippen molar-refractivity contribution in [3.63, 3.8) is 0 Å². The summed E-state index contributed by atoms with van der Waals surface area (Å²) in [6.45, 7) is 0. The molecule has 0 radical (unpaired) electrons. The lowest BCUT2D eigenvalue weighted by molar-refractivity contribution is 0.103. The number of imidazole rings is 1. The standard InChI is InChI=1S/C14H7BrClFN2O2/c15-9-5-12-11(18-14(21)19-12)4-8(9)13(20)7-2-1-6(17)3-10(7)16/h1-5H,(H2,18,19,21). The van der Waals surface area contributed by atoms with E-state index in [9.17, 15) is 14.0 Å². The van der Waals surface area contributed by atoms with Crippen LogP contribution in [-0.4, -0.2) is 15.8 Å². The Morgan fingerprint density at radius 1 is 1.10 bits per heavy atom. The molecule has 0 saturated carbocycles. The summed E-state index contributed by atoms with van der Waals surface area (Å²) in [4.78, 5) is 29.0. The van der Waals surface area contributed by atoms with Crippen molar-refractivity contribution >= 4 is 44.3 Å². The molecule has 0 aliphatic rings. The van der Waals surface area contributed by atoms with Gasteiger partial charge in [-0.25, -0.2) is 9.18 Å². The summed E-state index contributed by atoms with van der Waals surface area (Å²) in [5.41, 5.74) is 1.24. The van der Waals surface area contributed by atoms with Gasteiger partial charge in [0.05, 0.1) is 16.1 Å². The average molecular weight is 370 g/mol. The van der Waals surface area contributed by atoms with E-state index < -0.39 is 5.82 Å². The van der Waals surface area contributed by atoms with Crippen LogP contribution in [0, 0.1) is 5.82 Å². The maximum atomic E-state index is 13.1. The van der Waals surface area contributed by atoms with Crippen LogP contribution in [0.5, 0.6) is 0 Å². The number of nitrogens with one attached hydrogen (secondary N) is 2. The van der Waals surface area contributed by atoms with Gasteiger partial charge in [0.1, 0.15) is 5.82 Å². The number of hydrogen-bond donors (Lipinski definition) is 2. The number of H-pyrrole nitrogens is 2. The predicted octanol–water partition coefficient (Wildman–Crippen LogP) is 3.64. The second kappa shape index (κ2) is 5.13. The van der Waals surface area contributed by atoms with E-state index in [1.807, 2.05) is 0 Å². The number of hydrogen-bond acceptors (Lipinski definition) is 2. The normalized spacial score (nSPS) is 11.0. The molecule has 4 nitrogen and oxygen atoms in total. The molecule has 0 aliphatic heterocycles. The first kappa shape index (κ1) is 14.0. The lowest BCUT2D eigenvalue weighted by Gasteiger charge is -2.06. The van der Waals surface area contributed by atoms with Crippen LogP contribution in [0.15, 0.2) is 39.6 Å². The number of aromatic nitrogens is 2. The van der Waals surface area contributed by atoms with E-state index in [1.165, 1.54) is 12.1 Å². The van der Waals surface area contributed by atoms with Gasteiger partial charge in [-0.3, -0.25) is 4.79 Å². The van der Waals surface area contributed by atoms with Crippen molar-refractivity contribution in [2.24, 2.45) is 0 Å². The Morgan fingerprint density at radius 3 is 2.43 bits per heavy atom. The van der Waals surface area contributed by atoms with E-state index >= 15 is 0 Å². The molecule has 0 saturated heterocycles. The van der Waals surface area contributed by atoms with E-state index in [1.54, 1.807) is 12.1 Å². The van der Waals surface area contributed by atoms with E-state index in [4.69, 9.17) is 11.6 Å². The number of ketones is 1. The Labute approximate surface area is 131 Å². The van der Waals surface area contributed by atoms with Crippen LogP contribution in [0.1, 0.15) is 15.9 Å². The third-order valence-electron chi connectivity index (χ3n) is 3.02. The first-order valence-electron chi connectivity index (χ1n) is 5.87. The van der Waals surface area contributed by atoms with Gasteiger partial charge in [-0.15, -0.1) is 0 Å². The summed E-state index contributed by atoms with van der Waals surface area (Å²) >= 11 is 9.20. The minimum atomic E-state index is -0.513. The van der Waals surface area contributed by atoms with E-state index in [-0.39, 0.29) is 22.1 Å². The number of fused-ring (bicyclic) bond motifs is 1. The molecule has 106 valence electrons. The Morgan fingerprint density at radius 2 is 1.76 bits per heavy atom. The third-order valence-corrected chi connectivity index (χ3v) is 3.99. The molecule has 3 rings (SSSR count). The highest BCUT2D eigenvalue weighted by molar-refractivity contribution is 9.10. The van der Waals surface area contributed by atoms with Crippen molar-refractivity contribution in [1.82, 2.24) is 9.97 Å². The second-order valence-electron chi connectivity index (χ2n) is 4.41. The Bertz CT molecular complexity index is 932. The number of carbonyl (C=O) groups excluding carboxylic acids is 1. The largest absolute Gasteiger partial charge is 0.323 e. The highest BCUT2D eigenvalue weighted by Crippen LogP contribution is 2.27. The van der Waals surface area contributed by atoms with Crippen LogP contribution >= 0.6 is 27.5 Å². The quantitative estimate of drug-likeness (QED) is 0.677. The molecule has 0 fully saturated rings. The highest BCUT2D eigenvalue weighted by Gasteiger charge is 2.17. The van der Waals surface area contributed by atoms with Gasteiger partial charge in [-0.2, -0.15) is 0 Å². The molecule has 2 aromatic carbocycles. The lowest BCUT2D eigenvalue weighted by atomic mass is 10.0. The molecular weight excluding hydrogens is 363 g/mol. The first-order valence-corrected chi connectivity index (χ1v) is 7.04. The van der Waals surface area contributed by atoms with Crippen molar-refractivity contribution in [2.75, 3.05) is 0 Å². The molecule has 1 aromatic heterocycles.